The maximum Gasteiger partial charge on any atom is 0.246 e. The number of rotatable bonds is 6. The molecule has 6 heteroatoms. The molecule has 0 spiro atoms. The van der Waals surface area contributed by atoms with E-state index in [0.29, 0.717) is 18.3 Å². The van der Waals surface area contributed by atoms with E-state index in [1.165, 1.54) is 5.56 Å². The van der Waals surface area contributed by atoms with Crippen LogP contribution in [-0.2, 0) is 10.5 Å². The predicted octanol–water partition coefficient (Wildman–Crippen LogP) is 2.68. The topological polar surface area (TPSA) is 51.4 Å². The van der Waals surface area contributed by atoms with Crippen molar-refractivity contribution < 1.29 is 9.26 Å². The lowest BCUT2D eigenvalue weighted by atomic mass is 10.2. The molecule has 1 aliphatic heterocycles. The SMILES string of the molecule is Cc1noc(C2COCCN2CCSCc2ccccc2)n1. The Morgan fingerprint density at radius 1 is 1.32 bits per heavy atom. The smallest absolute Gasteiger partial charge is 0.246 e. The van der Waals surface area contributed by atoms with E-state index in [4.69, 9.17) is 9.26 Å². The van der Waals surface area contributed by atoms with Crippen LogP contribution in [0.3, 0.4) is 0 Å². The molecule has 0 aliphatic carbocycles. The molecule has 0 amide bonds. The summed E-state index contributed by atoms with van der Waals surface area (Å²) in [6.07, 6.45) is 0. The summed E-state index contributed by atoms with van der Waals surface area (Å²) in [6, 6.07) is 10.7. The maximum atomic E-state index is 5.58. The zero-order valence-corrected chi connectivity index (χ0v) is 13.6. The molecule has 22 heavy (non-hydrogen) atoms. The van der Waals surface area contributed by atoms with Gasteiger partial charge < -0.3 is 9.26 Å². The summed E-state index contributed by atoms with van der Waals surface area (Å²) < 4.78 is 10.9. The van der Waals surface area contributed by atoms with Gasteiger partial charge in [0, 0.05) is 24.6 Å². The fourth-order valence-corrected chi connectivity index (χ4v) is 3.46. The maximum absolute atomic E-state index is 5.58. The fraction of sp³-hybridized carbons (Fsp3) is 0.500. The van der Waals surface area contributed by atoms with E-state index in [2.05, 4.69) is 45.4 Å². The highest BCUT2D eigenvalue weighted by Crippen LogP contribution is 2.23. The number of aromatic nitrogens is 2. The number of thioether (sulfide) groups is 1. The summed E-state index contributed by atoms with van der Waals surface area (Å²) in [5.41, 5.74) is 1.37. The van der Waals surface area contributed by atoms with Gasteiger partial charge >= 0.3 is 0 Å². The van der Waals surface area contributed by atoms with Crippen molar-refractivity contribution in [3.8, 4) is 0 Å². The van der Waals surface area contributed by atoms with Crippen molar-refractivity contribution in [2.24, 2.45) is 0 Å². The van der Waals surface area contributed by atoms with Crippen molar-refractivity contribution in [3.63, 3.8) is 0 Å². The predicted molar refractivity (Wildman–Crippen MR) is 86.8 cm³/mol. The van der Waals surface area contributed by atoms with Gasteiger partial charge in [0.05, 0.1) is 13.2 Å². The third-order valence-corrected chi connectivity index (χ3v) is 4.71. The lowest BCUT2D eigenvalue weighted by Gasteiger charge is -2.33. The lowest BCUT2D eigenvalue weighted by molar-refractivity contribution is -0.0167. The van der Waals surface area contributed by atoms with Gasteiger partial charge in [0.25, 0.3) is 0 Å². The molecule has 0 bridgehead atoms. The Hall–Kier alpha value is -1.37. The van der Waals surface area contributed by atoms with Crippen LogP contribution in [0, 0.1) is 6.92 Å². The van der Waals surface area contributed by atoms with Crippen LogP contribution in [0.5, 0.6) is 0 Å². The third-order valence-electron chi connectivity index (χ3n) is 3.70. The Balaban J connectivity index is 1.49. The number of benzene rings is 1. The number of hydrogen-bond acceptors (Lipinski definition) is 6. The highest BCUT2D eigenvalue weighted by atomic mass is 32.2. The van der Waals surface area contributed by atoms with Crippen LogP contribution in [0.2, 0.25) is 0 Å². The first-order valence-electron chi connectivity index (χ1n) is 7.56. The van der Waals surface area contributed by atoms with Gasteiger partial charge in [0.2, 0.25) is 5.89 Å². The summed E-state index contributed by atoms with van der Waals surface area (Å²) >= 11 is 1.95. The van der Waals surface area contributed by atoms with Crippen LogP contribution in [0.15, 0.2) is 34.9 Å². The number of hydrogen-bond donors (Lipinski definition) is 0. The molecule has 0 N–H and O–H groups in total. The minimum absolute atomic E-state index is 0.0901. The molecule has 1 saturated heterocycles. The Bertz CT molecular complexity index is 576. The van der Waals surface area contributed by atoms with Crippen LogP contribution in [0.1, 0.15) is 23.3 Å². The molecule has 1 fully saturated rings. The second kappa shape index (κ2) is 7.76. The first kappa shape index (κ1) is 15.5. The van der Waals surface area contributed by atoms with Crippen LogP contribution < -0.4 is 0 Å². The molecule has 0 radical (unpaired) electrons. The molecule has 2 aromatic rings. The number of nitrogens with zero attached hydrogens (tertiary/aromatic N) is 3. The second-order valence-electron chi connectivity index (χ2n) is 5.34. The first-order chi connectivity index (χ1) is 10.8. The van der Waals surface area contributed by atoms with E-state index in [0.717, 1.165) is 31.2 Å². The van der Waals surface area contributed by atoms with Gasteiger partial charge in [-0.15, -0.1) is 0 Å². The van der Waals surface area contributed by atoms with Crippen LogP contribution in [0.25, 0.3) is 0 Å². The molecule has 3 rings (SSSR count). The molecular formula is C16H21N3O2S. The average Bonchev–Trinajstić information content (AvgIpc) is 2.99. The first-order valence-corrected chi connectivity index (χ1v) is 8.72. The Kier molecular flexibility index (Phi) is 5.48. The highest BCUT2D eigenvalue weighted by Gasteiger charge is 2.28. The molecule has 5 nitrogen and oxygen atoms in total. The molecule has 0 saturated carbocycles. The summed E-state index contributed by atoms with van der Waals surface area (Å²) in [5, 5.41) is 3.89. The van der Waals surface area contributed by atoms with Crippen molar-refractivity contribution in [2.45, 2.75) is 18.7 Å². The second-order valence-corrected chi connectivity index (χ2v) is 6.45. The zero-order chi connectivity index (χ0) is 15.2. The normalized spacial score (nSPS) is 19.4. The van der Waals surface area contributed by atoms with Gasteiger partial charge in [-0.05, 0) is 12.5 Å². The number of aryl methyl sites for hydroxylation is 1. The zero-order valence-electron chi connectivity index (χ0n) is 12.8. The van der Waals surface area contributed by atoms with Crippen molar-refractivity contribution >= 4 is 11.8 Å². The molecule has 1 aromatic heterocycles. The summed E-state index contributed by atoms with van der Waals surface area (Å²) in [5.74, 6) is 3.48. The number of ether oxygens (including phenoxy) is 1. The largest absolute Gasteiger partial charge is 0.378 e. The van der Waals surface area contributed by atoms with Gasteiger partial charge in [-0.3, -0.25) is 4.90 Å². The fourth-order valence-electron chi connectivity index (χ4n) is 2.53. The summed E-state index contributed by atoms with van der Waals surface area (Å²) in [4.78, 5) is 6.74. The lowest BCUT2D eigenvalue weighted by Crippen LogP contribution is -2.40. The third kappa shape index (κ3) is 4.09. The molecular weight excluding hydrogens is 298 g/mol. The Labute approximate surface area is 135 Å². The molecule has 1 aromatic carbocycles. The summed E-state index contributed by atoms with van der Waals surface area (Å²) in [6.45, 7) is 5.17. The van der Waals surface area contributed by atoms with Crippen LogP contribution in [-0.4, -0.2) is 47.1 Å². The van der Waals surface area contributed by atoms with Crippen molar-refractivity contribution in [2.75, 3.05) is 32.1 Å². The summed E-state index contributed by atoms with van der Waals surface area (Å²) in [7, 11) is 0. The molecule has 1 unspecified atom stereocenters. The van der Waals surface area contributed by atoms with E-state index in [1.807, 2.05) is 18.7 Å². The van der Waals surface area contributed by atoms with E-state index in [9.17, 15) is 0 Å². The molecule has 118 valence electrons. The molecule has 1 aliphatic rings. The van der Waals surface area contributed by atoms with E-state index in [1.54, 1.807) is 0 Å². The van der Waals surface area contributed by atoms with E-state index in [-0.39, 0.29) is 6.04 Å². The van der Waals surface area contributed by atoms with Crippen molar-refractivity contribution in [3.05, 3.63) is 47.6 Å². The van der Waals surface area contributed by atoms with Gasteiger partial charge in [0.15, 0.2) is 5.82 Å². The average molecular weight is 319 g/mol. The Morgan fingerprint density at radius 2 is 2.18 bits per heavy atom. The Morgan fingerprint density at radius 3 is 2.95 bits per heavy atom. The van der Waals surface area contributed by atoms with Crippen LogP contribution >= 0.6 is 11.8 Å². The highest BCUT2D eigenvalue weighted by molar-refractivity contribution is 7.98. The number of morpholine rings is 1. The molecule has 2 heterocycles. The van der Waals surface area contributed by atoms with Gasteiger partial charge in [0.1, 0.15) is 6.04 Å². The van der Waals surface area contributed by atoms with Gasteiger partial charge in [-0.2, -0.15) is 16.7 Å². The van der Waals surface area contributed by atoms with Gasteiger partial charge in [-0.1, -0.05) is 35.5 Å². The van der Waals surface area contributed by atoms with Crippen molar-refractivity contribution in [1.29, 1.82) is 0 Å². The minimum Gasteiger partial charge on any atom is -0.378 e. The molecule has 1 atom stereocenters. The van der Waals surface area contributed by atoms with E-state index < -0.39 is 0 Å². The van der Waals surface area contributed by atoms with Gasteiger partial charge in [-0.25, -0.2) is 0 Å². The minimum atomic E-state index is 0.0901. The van der Waals surface area contributed by atoms with E-state index >= 15 is 0 Å². The standard InChI is InChI=1S/C16H21N3O2S/c1-13-17-16(21-18-13)15-11-20-9-7-19(15)8-10-22-12-14-5-3-2-4-6-14/h2-6,15H,7-12H2,1H3. The quantitative estimate of drug-likeness (QED) is 0.763. The monoisotopic (exact) mass is 319 g/mol. The van der Waals surface area contributed by atoms with Crippen LogP contribution in [0.4, 0.5) is 0 Å². The van der Waals surface area contributed by atoms with Crippen molar-refractivity contribution in [1.82, 2.24) is 15.0 Å².